The Labute approximate surface area is 105 Å². The van der Waals surface area contributed by atoms with Gasteiger partial charge in [-0.3, -0.25) is 0 Å². The molecule has 0 aliphatic carbocycles. The number of hydrogen-bond donors (Lipinski definition) is 0. The first-order chi connectivity index (χ1) is 4.55. The molecule has 12 heavy (non-hydrogen) atoms. The molecule has 1 rings (SSSR count). The molecule has 0 unspecified atom stereocenters. The molecule has 0 aliphatic heterocycles. The van der Waals surface area contributed by atoms with Gasteiger partial charge in [-0.25, -0.2) is 0 Å². The molecule has 2 heteroatoms. The van der Waals surface area contributed by atoms with Crippen LogP contribution in [0.2, 0.25) is 0 Å². The Morgan fingerprint density at radius 2 is 1.00 bits per heavy atom. The van der Waals surface area contributed by atoms with Crippen molar-refractivity contribution < 1.29 is 43.4 Å². The van der Waals surface area contributed by atoms with Gasteiger partial charge in [0.05, 0.1) is 0 Å². The van der Waals surface area contributed by atoms with E-state index in [1.807, 2.05) is 0 Å². The van der Waals surface area contributed by atoms with Crippen molar-refractivity contribution in [2.24, 2.45) is 0 Å². The van der Waals surface area contributed by atoms with Crippen molar-refractivity contribution >= 4 is 0 Å². The van der Waals surface area contributed by atoms with E-state index in [0.717, 1.165) is 0 Å². The monoisotopic (exact) mass is 231 g/mol. The fourth-order valence-electron chi connectivity index (χ4n) is 1.41. The van der Waals surface area contributed by atoms with E-state index in [2.05, 4.69) is 34.6 Å². The van der Waals surface area contributed by atoms with Gasteiger partial charge in [-0.05, 0) is 0 Å². The summed E-state index contributed by atoms with van der Waals surface area (Å²) in [5.41, 5.74) is 7.34. The first-order valence-corrected chi connectivity index (χ1v) is 3.75. The van der Waals surface area contributed by atoms with Crippen LogP contribution in [-0.2, 0) is 43.4 Å². The van der Waals surface area contributed by atoms with Crippen molar-refractivity contribution in [2.45, 2.75) is 34.6 Å². The molecule has 0 amide bonds. The van der Waals surface area contributed by atoms with E-state index < -0.39 is 0 Å². The van der Waals surface area contributed by atoms with Gasteiger partial charge in [-0.2, -0.15) is 27.8 Å². The van der Waals surface area contributed by atoms with E-state index in [1.54, 1.807) is 0 Å². The fraction of sp³-hybridized carbons (Fsp3) is 0.500. The van der Waals surface area contributed by atoms with E-state index >= 15 is 0 Å². The largest absolute Gasteiger partial charge is 0.196 e. The molecule has 1 aromatic rings. The molecular formula is C10H15Ti2-. The Kier molecular flexibility index (Phi) is 6.99. The van der Waals surface area contributed by atoms with Crippen LogP contribution in [0.1, 0.15) is 27.8 Å². The summed E-state index contributed by atoms with van der Waals surface area (Å²) in [6.07, 6.45) is 0. The zero-order valence-corrected chi connectivity index (χ0v) is 11.6. The van der Waals surface area contributed by atoms with Gasteiger partial charge < -0.3 is 0 Å². The molecule has 0 heterocycles. The van der Waals surface area contributed by atoms with E-state index in [0.29, 0.717) is 0 Å². The minimum atomic E-state index is 0. The number of hydrogen-bond acceptors (Lipinski definition) is 0. The molecule has 0 radical (unpaired) electrons. The molecule has 0 spiro atoms. The Morgan fingerprint density at radius 1 is 0.750 bits per heavy atom. The normalized spacial score (nSPS) is 8.75. The Morgan fingerprint density at radius 3 is 1.08 bits per heavy atom. The summed E-state index contributed by atoms with van der Waals surface area (Å²) in [7, 11) is 0. The third-order valence-electron chi connectivity index (χ3n) is 2.81. The van der Waals surface area contributed by atoms with E-state index in [4.69, 9.17) is 0 Å². The third-order valence-corrected chi connectivity index (χ3v) is 2.81. The van der Waals surface area contributed by atoms with Crippen molar-refractivity contribution in [3.8, 4) is 0 Å². The molecule has 0 aromatic heterocycles. The molecule has 0 nitrogen and oxygen atoms in total. The van der Waals surface area contributed by atoms with Crippen LogP contribution in [0, 0.1) is 34.6 Å². The maximum atomic E-state index is 2.20. The molecule has 0 bridgehead atoms. The molecule has 0 fully saturated rings. The van der Waals surface area contributed by atoms with Crippen molar-refractivity contribution in [1.82, 2.24) is 0 Å². The van der Waals surface area contributed by atoms with Crippen molar-refractivity contribution in [2.75, 3.05) is 0 Å². The summed E-state index contributed by atoms with van der Waals surface area (Å²) in [6.45, 7) is 11.0. The van der Waals surface area contributed by atoms with Gasteiger partial charge in [0, 0.05) is 43.4 Å². The third kappa shape index (κ3) is 2.39. The molecule has 1 aromatic carbocycles. The summed E-state index contributed by atoms with van der Waals surface area (Å²) in [6, 6.07) is 0. The van der Waals surface area contributed by atoms with Crippen LogP contribution >= 0.6 is 0 Å². The van der Waals surface area contributed by atoms with Crippen LogP contribution in [0.4, 0.5) is 0 Å². The minimum absolute atomic E-state index is 0. The summed E-state index contributed by atoms with van der Waals surface area (Å²) in [5, 5.41) is 0. The van der Waals surface area contributed by atoms with E-state index in [-0.39, 0.29) is 43.4 Å². The van der Waals surface area contributed by atoms with E-state index in [1.165, 1.54) is 27.8 Å². The molecule has 64 valence electrons. The van der Waals surface area contributed by atoms with Crippen LogP contribution < -0.4 is 0 Å². The average Bonchev–Trinajstić information content (AvgIpc) is 2.07. The van der Waals surface area contributed by atoms with Crippen LogP contribution in [0.15, 0.2) is 0 Å². The Hall–Kier alpha value is 0.779. The van der Waals surface area contributed by atoms with Gasteiger partial charge in [0.15, 0.2) is 0 Å². The van der Waals surface area contributed by atoms with Crippen LogP contribution in [0.5, 0.6) is 0 Å². The summed E-state index contributed by atoms with van der Waals surface area (Å²) in [5.74, 6) is 0. The van der Waals surface area contributed by atoms with Gasteiger partial charge in [-0.15, -0.1) is 0 Å². The van der Waals surface area contributed by atoms with Gasteiger partial charge in [-0.1, -0.05) is 34.6 Å². The quantitative estimate of drug-likeness (QED) is 0.475. The van der Waals surface area contributed by atoms with E-state index in [9.17, 15) is 0 Å². The second kappa shape index (κ2) is 5.50. The molecule has 0 saturated carbocycles. The Balaban J connectivity index is 0. The van der Waals surface area contributed by atoms with Gasteiger partial charge >= 0.3 is 0 Å². The van der Waals surface area contributed by atoms with Crippen molar-refractivity contribution in [3.05, 3.63) is 27.8 Å². The van der Waals surface area contributed by atoms with Crippen molar-refractivity contribution in [1.29, 1.82) is 0 Å². The smallest absolute Gasteiger partial charge is 0 e. The van der Waals surface area contributed by atoms with Crippen LogP contribution in [-0.4, -0.2) is 0 Å². The van der Waals surface area contributed by atoms with Crippen LogP contribution in [0.25, 0.3) is 0 Å². The average molecular weight is 231 g/mol. The second-order valence-corrected chi connectivity index (χ2v) is 3.12. The summed E-state index contributed by atoms with van der Waals surface area (Å²) >= 11 is 0. The fourth-order valence-corrected chi connectivity index (χ4v) is 1.41. The molecule has 0 atom stereocenters. The van der Waals surface area contributed by atoms with Gasteiger partial charge in [0.1, 0.15) is 0 Å². The maximum absolute atomic E-state index is 2.20. The molecule has 0 aliphatic rings. The molecule has 0 saturated heterocycles. The maximum Gasteiger partial charge on any atom is 0 e. The van der Waals surface area contributed by atoms with Crippen molar-refractivity contribution in [3.63, 3.8) is 0 Å². The first kappa shape index (κ1) is 15.3. The summed E-state index contributed by atoms with van der Waals surface area (Å²) < 4.78 is 0. The SMILES string of the molecule is Cc1c(C)c(C)[c-](C)c1C.[Ti].[Ti]. The molecule has 0 N–H and O–H groups in total. The zero-order valence-electron chi connectivity index (χ0n) is 8.50. The predicted molar refractivity (Wildman–Crippen MR) is 45.7 cm³/mol. The minimum Gasteiger partial charge on any atom is -0.196 e. The van der Waals surface area contributed by atoms with Crippen LogP contribution in [0.3, 0.4) is 0 Å². The molecular weight excluding hydrogens is 216 g/mol. The summed E-state index contributed by atoms with van der Waals surface area (Å²) in [4.78, 5) is 0. The topological polar surface area (TPSA) is 0 Å². The van der Waals surface area contributed by atoms with Gasteiger partial charge in [0.2, 0.25) is 0 Å². The Bertz CT molecular complexity index is 179. The zero-order chi connectivity index (χ0) is 7.89. The second-order valence-electron chi connectivity index (χ2n) is 3.12. The first-order valence-electron chi connectivity index (χ1n) is 3.75. The number of rotatable bonds is 0. The standard InChI is InChI=1S/C10H15.2Ti/c1-6-7(2)9(4)10(5)8(6)3;;/h1-5H3;;/q-1;;. The van der Waals surface area contributed by atoms with Gasteiger partial charge in [0.25, 0.3) is 0 Å². The predicted octanol–water partition coefficient (Wildman–Crippen LogP) is 2.94.